The topological polar surface area (TPSA) is 85.2 Å². The number of rotatable bonds is 3. The number of pyridine rings is 1. The number of piperidine rings is 1. The number of aryl methyl sites for hydroxylation is 2. The first-order chi connectivity index (χ1) is 9.40. The van der Waals surface area contributed by atoms with Crippen LogP contribution in [0.2, 0.25) is 0 Å². The molecule has 0 aliphatic carbocycles. The Morgan fingerprint density at radius 1 is 1.40 bits per heavy atom. The van der Waals surface area contributed by atoms with E-state index in [4.69, 9.17) is 11.5 Å². The number of hydrogen-bond acceptors (Lipinski definition) is 4. The standard InChI is InChI=1S/C15H24N4O/c1-9-8-13(14(15(17)20)11(3)18-9)19-6-4-12(5-7-19)10(2)16/h8,10,12H,4-7,16H2,1-3H3,(H2,17,20). The number of carbonyl (C=O) groups excluding carboxylic acids is 1. The zero-order valence-electron chi connectivity index (χ0n) is 12.5. The van der Waals surface area contributed by atoms with E-state index < -0.39 is 5.91 Å². The molecule has 1 fully saturated rings. The summed E-state index contributed by atoms with van der Waals surface area (Å²) in [5, 5.41) is 0. The quantitative estimate of drug-likeness (QED) is 0.873. The van der Waals surface area contributed by atoms with Crippen LogP contribution in [0.5, 0.6) is 0 Å². The Morgan fingerprint density at radius 2 is 2.00 bits per heavy atom. The summed E-state index contributed by atoms with van der Waals surface area (Å²) in [5.74, 6) is 0.159. The van der Waals surface area contributed by atoms with Crippen molar-refractivity contribution in [3.8, 4) is 0 Å². The maximum absolute atomic E-state index is 11.7. The van der Waals surface area contributed by atoms with E-state index in [0.29, 0.717) is 17.2 Å². The highest BCUT2D eigenvalue weighted by Crippen LogP contribution is 2.29. The van der Waals surface area contributed by atoms with E-state index in [1.807, 2.05) is 19.9 Å². The van der Waals surface area contributed by atoms with Crippen LogP contribution in [-0.4, -0.2) is 30.0 Å². The monoisotopic (exact) mass is 276 g/mol. The summed E-state index contributed by atoms with van der Waals surface area (Å²) >= 11 is 0. The molecule has 1 aliphatic rings. The smallest absolute Gasteiger partial charge is 0.252 e. The Bertz CT molecular complexity index is 505. The number of anilines is 1. The fraction of sp³-hybridized carbons (Fsp3) is 0.600. The van der Waals surface area contributed by atoms with Gasteiger partial charge < -0.3 is 16.4 Å². The van der Waals surface area contributed by atoms with Crippen molar-refractivity contribution in [1.82, 2.24) is 4.98 Å². The first-order valence-corrected chi connectivity index (χ1v) is 7.18. The fourth-order valence-electron chi connectivity index (χ4n) is 3.03. The van der Waals surface area contributed by atoms with Crippen LogP contribution in [0.4, 0.5) is 5.69 Å². The van der Waals surface area contributed by atoms with Gasteiger partial charge in [0.2, 0.25) is 0 Å². The largest absolute Gasteiger partial charge is 0.371 e. The molecular formula is C15H24N4O. The molecule has 0 spiro atoms. The van der Waals surface area contributed by atoms with Gasteiger partial charge in [0.25, 0.3) is 5.91 Å². The van der Waals surface area contributed by atoms with Crippen molar-refractivity contribution in [2.75, 3.05) is 18.0 Å². The molecule has 2 heterocycles. The number of aromatic nitrogens is 1. The molecule has 20 heavy (non-hydrogen) atoms. The van der Waals surface area contributed by atoms with Gasteiger partial charge in [0.1, 0.15) is 0 Å². The van der Waals surface area contributed by atoms with Crippen LogP contribution in [0.25, 0.3) is 0 Å². The number of hydrogen-bond donors (Lipinski definition) is 2. The second-order valence-corrected chi connectivity index (χ2v) is 5.79. The average molecular weight is 276 g/mol. The summed E-state index contributed by atoms with van der Waals surface area (Å²) in [7, 11) is 0. The SMILES string of the molecule is Cc1cc(N2CCC(C(C)N)CC2)c(C(N)=O)c(C)n1. The molecule has 5 nitrogen and oxygen atoms in total. The third-order valence-electron chi connectivity index (χ3n) is 4.18. The lowest BCUT2D eigenvalue weighted by Crippen LogP contribution is -2.40. The molecular weight excluding hydrogens is 252 g/mol. The minimum absolute atomic E-state index is 0.230. The molecule has 4 N–H and O–H groups in total. The van der Waals surface area contributed by atoms with Crippen LogP contribution in [0.15, 0.2) is 6.07 Å². The molecule has 1 aromatic heterocycles. The van der Waals surface area contributed by atoms with Gasteiger partial charge in [0, 0.05) is 24.8 Å². The highest BCUT2D eigenvalue weighted by molar-refractivity contribution is 5.99. The van der Waals surface area contributed by atoms with Crippen LogP contribution >= 0.6 is 0 Å². The molecule has 1 saturated heterocycles. The van der Waals surface area contributed by atoms with Crippen molar-refractivity contribution in [2.45, 2.75) is 39.7 Å². The molecule has 0 bridgehead atoms. The summed E-state index contributed by atoms with van der Waals surface area (Å²) in [6.07, 6.45) is 2.10. The highest BCUT2D eigenvalue weighted by atomic mass is 16.1. The molecule has 1 aliphatic heterocycles. The van der Waals surface area contributed by atoms with Crippen LogP contribution in [0.3, 0.4) is 0 Å². The van der Waals surface area contributed by atoms with Gasteiger partial charge in [-0.25, -0.2) is 0 Å². The molecule has 2 rings (SSSR count). The second-order valence-electron chi connectivity index (χ2n) is 5.79. The van der Waals surface area contributed by atoms with Gasteiger partial charge in [-0.3, -0.25) is 9.78 Å². The van der Waals surface area contributed by atoms with Gasteiger partial charge in [0.15, 0.2) is 0 Å². The van der Waals surface area contributed by atoms with Crippen molar-refractivity contribution >= 4 is 11.6 Å². The average Bonchev–Trinajstić information content (AvgIpc) is 2.37. The van der Waals surface area contributed by atoms with Gasteiger partial charge in [-0.15, -0.1) is 0 Å². The Morgan fingerprint density at radius 3 is 2.50 bits per heavy atom. The Kier molecular flexibility index (Phi) is 4.28. The molecule has 5 heteroatoms. The Hall–Kier alpha value is -1.62. The van der Waals surface area contributed by atoms with Crippen molar-refractivity contribution in [2.24, 2.45) is 17.4 Å². The third kappa shape index (κ3) is 2.93. The van der Waals surface area contributed by atoms with Gasteiger partial charge in [-0.05, 0) is 45.6 Å². The molecule has 0 radical (unpaired) electrons. The molecule has 1 aromatic rings. The lowest BCUT2D eigenvalue weighted by atomic mass is 9.90. The van der Waals surface area contributed by atoms with Gasteiger partial charge in [-0.2, -0.15) is 0 Å². The number of nitrogens with two attached hydrogens (primary N) is 2. The van der Waals surface area contributed by atoms with Crippen molar-refractivity contribution in [3.63, 3.8) is 0 Å². The zero-order chi connectivity index (χ0) is 14.9. The van der Waals surface area contributed by atoms with E-state index in [1.165, 1.54) is 0 Å². The zero-order valence-corrected chi connectivity index (χ0v) is 12.5. The van der Waals surface area contributed by atoms with Crippen LogP contribution in [0, 0.1) is 19.8 Å². The number of carbonyl (C=O) groups is 1. The summed E-state index contributed by atoms with van der Waals surface area (Å²) in [4.78, 5) is 18.3. The van der Waals surface area contributed by atoms with E-state index in [9.17, 15) is 4.79 Å². The van der Waals surface area contributed by atoms with Gasteiger partial charge in [-0.1, -0.05) is 0 Å². The third-order valence-corrected chi connectivity index (χ3v) is 4.18. The first-order valence-electron chi connectivity index (χ1n) is 7.18. The van der Waals surface area contributed by atoms with E-state index in [0.717, 1.165) is 37.3 Å². The molecule has 1 atom stereocenters. The van der Waals surface area contributed by atoms with E-state index in [1.54, 1.807) is 0 Å². The molecule has 1 amide bonds. The summed E-state index contributed by atoms with van der Waals surface area (Å²) in [6, 6.07) is 2.19. The van der Waals surface area contributed by atoms with Gasteiger partial charge in [0.05, 0.1) is 16.9 Å². The number of nitrogens with zero attached hydrogens (tertiary/aromatic N) is 2. The Labute approximate surface area is 120 Å². The number of primary amides is 1. The van der Waals surface area contributed by atoms with Crippen molar-refractivity contribution in [3.05, 3.63) is 23.0 Å². The summed E-state index contributed by atoms with van der Waals surface area (Å²) in [6.45, 7) is 7.67. The lowest BCUT2D eigenvalue weighted by molar-refractivity contribution is 0.0999. The molecule has 0 aromatic carbocycles. The normalized spacial score (nSPS) is 18.1. The predicted octanol–water partition coefficient (Wildman–Crippen LogP) is 1.36. The Balaban J connectivity index is 2.27. The van der Waals surface area contributed by atoms with Crippen LogP contribution in [-0.2, 0) is 0 Å². The van der Waals surface area contributed by atoms with E-state index in [2.05, 4.69) is 16.8 Å². The lowest BCUT2D eigenvalue weighted by Gasteiger charge is -2.36. The van der Waals surface area contributed by atoms with Crippen LogP contribution < -0.4 is 16.4 Å². The van der Waals surface area contributed by atoms with Crippen molar-refractivity contribution in [1.29, 1.82) is 0 Å². The maximum atomic E-state index is 11.7. The summed E-state index contributed by atoms with van der Waals surface area (Å²) in [5.41, 5.74) is 14.6. The summed E-state index contributed by atoms with van der Waals surface area (Å²) < 4.78 is 0. The minimum atomic E-state index is -0.403. The molecule has 0 saturated carbocycles. The molecule has 1 unspecified atom stereocenters. The molecule has 110 valence electrons. The second kappa shape index (κ2) is 5.79. The van der Waals surface area contributed by atoms with Crippen LogP contribution in [0.1, 0.15) is 41.5 Å². The fourth-order valence-corrected chi connectivity index (χ4v) is 3.03. The first kappa shape index (κ1) is 14.8. The van der Waals surface area contributed by atoms with Gasteiger partial charge >= 0.3 is 0 Å². The maximum Gasteiger partial charge on any atom is 0.252 e. The minimum Gasteiger partial charge on any atom is -0.371 e. The number of amides is 1. The predicted molar refractivity (Wildman–Crippen MR) is 80.8 cm³/mol. The van der Waals surface area contributed by atoms with Crippen molar-refractivity contribution < 1.29 is 4.79 Å². The highest BCUT2D eigenvalue weighted by Gasteiger charge is 2.25. The van der Waals surface area contributed by atoms with E-state index >= 15 is 0 Å². The van der Waals surface area contributed by atoms with E-state index in [-0.39, 0.29) is 6.04 Å².